The molecule has 20 heavy (non-hydrogen) atoms. The third-order valence-corrected chi connectivity index (χ3v) is 6.25. The van der Waals surface area contributed by atoms with Gasteiger partial charge in [0.2, 0.25) is 5.91 Å². The highest BCUT2D eigenvalue weighted by Crippen LogP contribution is 2.41. The van der Waals surface area contributed by atoms with Crippen LogP contribution in [0, 0.1) is 11.3 Å². The number of amides is 1. The van der Waals surface area contributed by atoms with Crippen molar-refractivity contribution in [1.82, 2.24) is 10.2 Å². The standard InChI is InChI=1S/C16H24N2OS/c1-11(2)16(6-7-17-10-16)15(19)18-8-4-14-13(12(18)3)5-9-20-14/h5,9,11-12,17H,4,6-8,10H2,1-3H3. The maximum Gasteiger partial charge on any atom is 0.230 e. The zero-order chi connectivity index (χ0) is 14.3. The third-order valence-electron chi connectivity index (χ3n) is 5.26. The third kappa shape index (κ3) is 2.01. The molecule has 0 bridgehead atoms. The summed E-state index contributed by atoms with van der Waals surface area (Å²) in [6.07, 6.45) is 1.99. The van der Waals surface area contributed by atoms with E-state index in [1.54, 1.807) is 0 Å². The molecule has 1 amide bonds. The van der Waals surface area contributed by atoms with E-state index in [1.807, 2.05) is 11.3 Å². The first-order valence-electron chi connectivity index (χ1n) is 7.64. The summed E-state index contributed by atoms with van der Waals surface area (Å²) < 4.78 is 0. The zero-order valence-electron chi connectivity index (χ0n) is 12.6. The molecular formula is C16H24N2OS. The molecule has 0 aromatic carbocycles. The van der Waals surface area contributed by atoms with E-state index in [4.69, 9.17) is 0 Å². The molecule has 2 aliphatic rings. The highest BCUT2D eigenvalue weighted by molar-refractivity contribution is 7.10. The highest BCUT2D eigenvalue weighted by Gasteiger charge is 2.47. The molecule has 1 fully saturated rings. The molecule has 0 spiro atoms. The molecule has 4 heteroatoms. The van der Waals surface area contributed by atoms with Gasteiger partial charge in [0, 0.05) is 18.0 Å². The van der Waals surface area contributed by atoms with Gasteiger partial charge in [0.15, 0.2) is 0 Å². The lowest BCUT2D eigenvalue weighted by atomic mass is 9.74. The van der Waals surface area contributed by atoms with Crippen LogP contribution in [0.3, 0.4) is 0 Å². The van der Waals surface area contributed by atoms with E-state index in [2.05, 4.69) is 42.4 Å². The fraction of sp³-hybridized carbons (Fsp3) is 0.688. The lowest BCUT2D eigenvalue weighted by Crippen LogP contribution is -2.50. The van der Waals surface area contributed by atoms with Crippen molar-refractivity contribution in [3.05, 3.63) is 21.9 Å². The molecule has 2 atom stereocenters. The molecular weight excluding hydrogens is 268 g/mol. The summed E-state index contributed by atoms with van der Waals surface area (Å²) in [6.45, 7) is 9.24. The fourth-order valence-corrected chi connectivity index (χ4v) is 4.67. The van der Waals surface area contributed by atoms with Crippen LogP contribution in [0.1, 0.15) is 43.7 Å². The summed E-state index contributed by atoms with van der Waals surface area (Å²) in [4.78, 5) is 16.8. The first-order chi connectivity index (χ1) is 9.56. The van der Waals surface area contributed by atoms with Crippen molar-refractivity contribution in [2.45, 2.75) is 39.7 Å². The Bertz CT molecular complexity index is 502. The maximum absolute atomic E-state index is 13.2. The Morgan fingerprint density at radius 1 is 1.55 bits per heavy atom. The first-order valence-corrected chi connectivity index (χ1v) is 8.52. The van der Waals surface area contributed by atoms with E-state index in [1.165, 1.54) is 10.4 Å². The van der Waals surface area contributed by atoms with Gasteiger partial charge in [-0.2, -0.15) is 0 Å². The van der Waals surface area contributed by atoms with Crippen molar-refractivity contribution >= 4 is 17.2 Å². The normalized spacial score (nSPS) is 29.8. The molecule has 0 saturated carbocycles. The first kappa shape index (κ1) is 14.1. The number of carbonyl (C=O) groups is 1. The van der Waals surface area contributed by atoms with Crippen molar-refractivity contribution in [2.75, 3.05) is 19.6 Å². The van der Waals surface area contributed by atoms with Gasteiger partial charge in [-0.05, 0) is 49.2 Å². The molecule has 0 radical (unpaired) electrons. The van der Waals surface area contributed by atoms with Crippen molar-refractivity contribution in [1.29, 1.82) is 0 Å². The molecule has 3 nitrogen and oxygen atoms in total. The predicted octanol–water partition coefficient (Wildman–Crippen LogP) is 2.83. The second kappa shape index (κ2) is 5.15. The molecule has 110 valence electrons. The number of nitrogens with one attached hydrogen (secondary N) is 1. The van der Waals surface area contributed by atoms with Crippen LogP contribution < -0.4 is 5.32 Å². The second-order valence-corrected chi connectivity index (χ2v) is 7.46. The van der Waals surface area contributed by atoms with E-state index in [9.17, 15) is 4.79 Å². The lowest BCUT2D eigenvalue weighted by molar-refractivity contribution is -0.146. The quantitative estimate of drug-likeness (QED) is 0.909. The Kier molecular flexibility index (Phi) is 3.63. The number of thiophene rings is 1. The molecule has 3 rings (SSSR count). The van der Waals surface area contributed by atoms with Gasteiger partial charge >= 0.3 is 0 Å². The van der Waals surface area contributed by atoms with Gasteiger partial charge in [0.25, 0.3) is 0 Å². The summed E-state index contributed by atoms with van der Waals surface area (Å²) in [7, 11) is 0. The summed E-state index contributed by atoms with van der Waals surface area (Å²) in [5.41, 5.74) is 1.17. The fourth-order valence-electron chi connectivity index (χ4n) is 3.71. The minimum absolute atomic E-state index is 0.193. The summed E-state index contributed by atoms with van der Waals surface area (Å²) in [5.74, 6) is 0.753. The Balaban J connectivity index is 1.88. The van der Waals surface area contributed by atoms with Crippen LogP contribution in [0.2, 0.25) is 0 Å². The number of carbonyl (C=O) groups excluding carboxylic acids is 1. The van der Waals surface area contributed by atoms with Crippen molar-refractivity contribution < 1.29 is 4.79 Å². The average molecular weight is 292 g/mol. The number of fused-ring (bicyclic) bond motifs is 1. The summed E-state index contributed by atoms with van der Waals surface area (Å²) in [5, 5.41) is 5.56. The number of rotatable bonds is 2. The minimum atomic E-state index is -0.193. The lowest BCUT2D eigenvalue weighted by Gasteiger charge is -2.41. The Hall–Kier alpha value is -0.870. The maximum atomic E-state index is 13.2. The molecule has 2 unspecified atom stereocenters. The van der Waals surface area contributed by atoms with Crippen LogP contribution >= 0.6 is 11.3 Å². The topological polar surface area (TPSA) is 32.3 Å². The van der Waals surface area contributed by atoms with E-state index in [0.717, 1.165) is 32.5 Å². The molecule has 2 aliphatic heterocycles. The molecule has 0 aliphatic carbocycles. The van der Waals surface area contributed by atoms with Crippen LogP contribution in [0.4, 0.5) is 0 Å². The summed E-state index contributed by atoms with van der Waals surface area (Å²) >= 11 is 1.83. The van der Waals surface area contributed by atoms with Crippen molar-refractivity contribution in [3.63, 3.8) is 0 Å². The van der Waals surface area contributed by atoms with E-state index >= 15 is 0 Å². The number of hydrogen-bond acceptors (Lipinski definition) is 3. The van der Waals surface area contributed by atoms with Gasteiger partial charge in [-0.15, -0.1) is 11.3 Å². The van der Waals surface area contributed by atoms with Gasteiger partial charge < -0.3 is 10.2 Å². The molecule has 1 aromatic heterocycles. The highest BCUT2D eigenvalue weighted by atomic mass is 32.1. The van der Waals surface area contributed by atoms with Crippen LogP contribution in [-0.4, -0.2) is 30.4 Å². The van der Waals surface area contributed by atoms with Crippen LogP contribution in [0.25, 0.3) is 0 Å². The number of nitrogens with zero attached hydrogens (tertiary/aromatic N) is 1. The minimum Gasteiger partial charge on any atom is -0.335 e. The van der Waals surface area contributed by atoms with Gasteiger partial charge in [-0.25, -0.2) is 0 Å². The monoisotopic (exact) mass is 292 g/mol. The van der Waals surface area contributed by atoms with Crippen LogP contribution in [0.15, 0.2) is 11.4 Å². The molecule has 1 aromatic rings. The van der Waals surface area contributed by atoms with Crippen LogP contribution in [0.5, 0.6) is 0 Å². The SMILES string of the molecule is CC1c2ccsc2CCN1C(=O)C1(C(C)C)CCNC1. The van der Waals surface area contributed by atoms with Gasteiger partial charge in [0.05, 0.1) is 11.5 Å². The average Bonchev–Trinajstić information content (AvgIpc) is 3.08. The van der Waals surface area contributed by atoms with Gasteiger partial charge in [-0.1, -0.05) is 13.8 Å². The zero-order valence-corrected chi connectivity index (χ0v) is 13.4. The molecule has 1 N–H and O–H groups in total. The molecule has 3 heterocycles. The van der Waals surface area contributed by atoms with E-state index in [0.29, 0.717) is 11.8 Å². The van der Waals surface area contributed by atoms with Gasteiger partial charge in [-0.3, -0.25) is 4.79 Å². The Morgan fingerprint density at radius 2 is 2.35 bits per heavy atom. The predicted molar refractivity (Wildman–Crippen MR) is 82.9 cm³/mol. The van der Waals surface area contributed by atoms with Gasteiger partial charge in [0.1, 0.15) is 0 Å². The second-order valence-electron chi connectivity index (χ2n) is 6.46. The molecule has 1 saturated heterocycles. The van der Waals surface area contributed by atoms with E-state index in [-0.39, 0.29) is 11.5 Å². The smallest absolute Gasteiger partial charge is 0.230 e. The Labute approximate surface area is 125 Å². The van der Waals surface area contributed by atoms with Crippen molar-refractivity contribution in [2.24, 2.45) is 11.3 Å². The number of hydrogen-bond donors (Lipinski definition) is 1. The summed E-state index contributed by atoms with van der Waals surface area (Å²) in [6, 6.07) is 2.42. The van der Waals surface area contributed by atoms with Crippen molar-refractivity contribution in [3.8, 4) is 0 Å². The Morgan fingerprint density at radius 3 is 3.00 bits per heavy atom. The van der Waals surface area contributed by atoms with Crippen LogP contribution in [-0.2, 0) is 11.2 Å². The van der Waals surface area contributed by atoms with E-state index < -0.39 is 0 Å². The largest absolute Gasteiger partial charge is 0.335 e.